The lowest BCUT2D eigenvalue weighted by molar-refractivity contribution is 0.266. The maximum atomic E-state index is 9.55. The van der Waals surface area contributed by atoms with Crippen LogP contribution in [0.15, 0.2) is 24.4 Å². The molecule has 0 radical (unpaired) electrons. The minimum atomic E-state index is 0. The van der Waals surface area contributed by atoms with Gasteiger partial charge in [-0.25, -0.2) is 4.98 Å². The summed E-state index contributed by atoms with van der Waals surface area (Å²) in [5.74, 6) is 2.48. The topological polar surface area (TPSA) is 50.5 Å². The number of benzene rings is 1. The molecular weight excluding hydrogens is 373 g/mol. The summed E-state index contributed by atoms with van der Waals surface area (Å²) in [6.07, 6.45) is 3.24. The number of aliphatic hydroxyl groups excluding tert-OH is 1. The van der Waals surface area contributed by atoms with Crippen LogP contribution >= 0.6 is 24.8 Å². The van der Waals surface area contributed by atoms with Crippen molar-refractivity contribution in [2.24, 2.45) is 7.05 Å². The van der Waals surface area contributed by atoms with Crippen LogP contribution in [0.2, 0.25) is 0 Å². The number of nitrogens with zero attached hydrogens (tertiary/aromatic N) is 3. The lowest BCUT2D eigenvalue weighted by Gasteiger charge is -2.17. The summed E-state index contributed by atoms with van der Waals surface area (Å²) in [6.45, 7) is 7.65. The van der Waals surface area contributed by atoms with Crippen molar-refractivity contribution in [3.05, 3.63) is 47.0 Å². The van der Waals surface area contributed by atoms with Gasteiger partial charge < -0.3 is 14.4 Å². The Hall–Kier alpha value is -1.27. The second-order valence-electron chi connectivity index (χ2n) is 6.61. The van der Waals surface area contributed by atoms with Crippen molar-refractivity contribution < 1.29 is 9.84 Å². The Bertz CT molecular complexity index is 706. The van der Waals surface area contributed by atoms with Crippen LogP contribution in [0.4, 0.5) is 0 Å². The number of likely N-dealkylation sites (tertiary alicyclic amines) is 1. The van der Waals surface area contributed by atoms with E-state index in [4.69, 9.17) is 4.74 Å². The highest BCUT2D eigenvalue weighted by Gasteiger charge is 2.27. The van der Waals surface area contributed by atoms with Crippen molar-refractivity contribution in [3.8, 4) is 5.75 Å². The SMILES string of the molecule is CCOc1ccc(CN2CCC(c3nc(C)cn3C)C2)cc1CO.Cl.Cl. The Morgan fingerprint density at radius 2 is 2.08 bits per heavy atom. The van der Waals surface area contributed by atoms with Crippen molar-refractivity contribution in [2.45, 2.75) is 39.3 Å². The van der Waals surface area contributed by atoms with Gasteiger partial charge >= 0.3 is 0 Å². The molecule has 0 aliphatic carbocycles. The molecule has 2 heterocycles. The zero-order valence-electron chi connectivity index (χ0n) is 15.6. The maximum Gasteiger partial charge on any atom is 0.124 e. The van der Waals surface area contributed by atoms with Gasteiger partial charge in [0.25, 0.3) is 0 Å². The summed E-state index contributed by atoms with van der Waals surface area (Å²) >= 11 is 0. The lowest BCUT2D eigenvalue weighted by atomic mass is 10.1. The number of rotatable bonds is 6. The summed E-state index contributed by atoms with van der Waals surface area (Å²) < 4.78 is 7.72. The van der Waals surface area contributed by atoms with Gasteiger partial charge in [0, 0.05) is 37.8 Å². The minimum Gasteiger partial charge on any atom is -0.494 e. The van der Waals surface area contributed by atoms with E-state index in [2.05, 4.69) is 39.8 Å². The Morgan fingerprint density at radius 1 is 1.31 bits per heavy atom. The first-order chi connectivity index (χ1) is 11.6. The number of ether oxygens (including phenoxy) is 1. The fourth-order valence-corrected chi connectivity index (χ4v) is 3.61. The average Bonchev–Trinajstić information content (AvgIpc) is 3.15. The van der Waals surface area contributed by atoms with Gasteiger partial charge in [0.05, 0.1) is 18.9 Å². The molecule has 1 aliphatic rings. The summed E-state index contributed by atoms with van der Waals surface area (Å²) in [4.78, 5) is 7.14. The van der Waals surface area contributed by atoms with Crippen LogP contribution < -0.4 is 4.74 Å². The monoisotopic (exact) mass is 401 g/mol. The van der Waals surface area contributed by atoms with Crippen LogP contribution in [0, 0.1) is 6.92 Å². The first-order valence-corrected chi connectivity index (χ1v) is 8.68. The van der Waals surface area contributed by atoms with Crippen LogP contribution in [-0.4, -0.2) is 39.3 Å². The first kappa shape index (κ1) is 22.8. The normalized spacial score (nSPS) is 16.8. The molecule has 1 unspecified atom stereocenters. The van der Waals surface area contributed by atoms with Gasteiger partial charge in [0.2, 0.25) is 0 Å². The number of hydrogen-bond donors (Lipinski definition) is 1. The molecule has 146 valence electrons. The molecule has 1 aromatic heterocycles. The predicted molar refractivity (Wildman–Crippen MR) is 109 cm³/mol. The zero-order valence-corrected chi connectivity index (χ0v) is 17.3. The highest BCUT2D eigenvalue weighted by Crippen LogP contribution is 2.28. The quantitative estimate of drug-likeness (QED) is 0.804. The van der Waals surface area contributed by atoms with Crippen LogP contribution in [0.5, 0.6) is 5.75 Å². The average molecular weight is 402 g/mol. The highest BCUT2D eigenvalue weighted by molar-refractivity contribution is 5.85. The van der Waals surface area contributed by atoms with E-state index >= 15 is 0 Å². The molecule has 1 saturated heterocycles. The van der Waals surface area contributed by atoms with Gasteiger partial charge in [-0.2, -0.15) is 0 Å². The smallest absolute Gasteiger partial charge is 0.124 e. The molecule has 0 saturated carbocycles. The Balaban J connectivity index is 0.00000169. The maximum absolute atomic E-state index is 9.55. The van der Waals surface area contributed by atoms with Gasteiger partial charge in [0.15, 0.2) is 0 Å². The molecule has 1 fully saturated rings. The number of aliphatic hydroxyl groups is 1. The van der Waals surface area contributed by atoms with Crippen molar-refractivity contribution in [1.29, 1.82) is 0 Å². The third kappa shape index (κ3) is 5.13. The molecular formula is C19H29Cl2N3O2. The lowest BCUT2D eigenvalue weighted by Crippen LogP contribution is -2.20. The predicted octanol–water partition coefficient (Wildman–Crippen LogP) is 3.45. The minimum absolute atomic E-state index is 0. The van der Waals surface area contributed by atoms with E-state index in [0.29, 0.717) is 12.5 Å². The Labute approximate surface area is 168 Å². The molecule has 1 N–H and O–H groups in total. The fraction of sp³-hybridized carbons (Fsp3) is 0.526. The highest BCUT2D eigenvalue weighted by atomic mass is 35.5. The van der Waals surface area contributed by atoms with Gasteiger partial charge in [0.1, 0.15) is 11.6 Å². The third-order valence-corrected chi connectivity index (χ3v) is 4.67. The van der Waals surface area contributed by atoms with E-state index in [1.165, 1.54) is 11.4 Å². The summed E-state index contributed by atoms with van der Waals surface area (Å²) in [5.41, 5.74) is 3.18. The van der Waals surface area contributed by atoms with E-state index in [1.54, 1.807) is 0 Å². The zero-order chi connectivity index (χ0) is 17.1. The number of halogens is 2. The van der Waals surface area contributed by atoms with Crippen molar-refractivity contribution in [2.75, 3.05) is 19.7 Å². The fourth-order valence-electron chi connectivity index (χ4n) is 3.61. The molecule has 5 nitrogen and oxygen atoms in total. The molecule has 0 bridgehead atoms. The van der Waals surface area contributed by atoms with Crippen LogP contribution in [0.1, 0.15) is 41.9 Å². The molecule has 3 rings (SSSR count). The molecule has 26 heavy (non-hydrogen) atoms. The first-order valence-electron chi connectivity index (χ1n) is 8.68. The summed E-state index contributed by atoms with van der Waals surface area (Å²) in [7, 11) is 2.08. The van der Waals surface area contributed by atoms with Crippen molar-refractivity contribution in [1.82, 2.24) is 14.5 Å². The van der Waals surface area contributed by atoms with Gasteiger partial charge in [-0.1, -0.05) is 6.07 Å². The van der Waals surface area contributed by atoms with E-state index < -0.39 is 0 Å². The number of aryl methyl sites for hydroxylation is 2. The Morgan fingerprint density at radius 3 is 2.69 bits per heavy atom. The second-order valence-corrected chi connectivity index (χ2v) is 6.61. The van der Waals surface area contributed by atoms with Crippen LogP contribution in [0.25, 0.3) is 0 Å². The molecule has 2 aromatic rings. The third-order valence-electron chi connectivity index (χ3n) is 4.67. The number of hydrogen-bond acceptors (Lipinski definition) is 4. The van der Waals surface area contributed by atoms with Crippen LogP contribution in [-0.2, 0) is 20.2 Å². The van der Waals surface area contributed by atoms with Crippen molar-refractivity contribution in [3.63, 3.8) is 0 Å². The second kappa shape index (κ2) is 10.2. The largest absolute Gasteiger partial charge is 0.494 e. The summed E-state index contributed by atoms with van der Waals surface area (Å²) in [5, 5.41) is 9.55. The number of imidazole rings is 1. The molecule has 7 heteroatoms. The van der Waals surface area contributed by atoms with E-state index in [0.717, 1.165) is 43.1 Å². The molecule has 0 amide bonds. The van der Waals surface area contributed by atoms with Crippen LogP contribution in [0.3, 0.4) is 0 Å². The van der Waals surface area contributed by atoms with Crippen molar-refractivity contribution >= 4 is 24.8 Å². The van der Waals surface area contributed by atoms with Gasteiger partial charge in [-0.05, 0) is 44.5 Å². The molecule has 0 spiro atoms. The molecule has 1 atom stereocenters. The van der Waals surface area contributed by atoms with Gasteiger partial charge in [-0.3, -0.25) is 4.90 Å². The molecule has 1 aromatic carbocycles. The van der Waals surface area contributed by atoms with E-state index in [9.17, 15) is 5.11 Å². The van der Waals surface area contributed by atoms with E-state index in [-0.39, 0.29) is 31.4 Å². The Kier molecular flexibility index (Phi) is 8.90. The van der Waals surface area contributed by atoms with Gasteiger partial charge in [-0.15, -0.1) is 24.8 Å². The number of aromatic nitrogens is 2. The van der Waals surface area contributed by atoms with E-state index in [1.807, 2.05) is 19.9 Å². The standard InChI is InChI=1S/C19H27N3O2.2ClH/c1-4-24-18-6-5-15(9-17(18)13-23)11-22-8-7-16(12-22)19-20-14(2)10-21(19)3;;/h5-6,9-10,16,23H,4,7-8,11-13H2,1-3H3;2*1H. The summed E-state index contributed by atoms with van der Waals surface area (Å²) in [6, 6.07) is 6.13. The molecule has 1 aliphatic heterocycles.